The zero-order chi connectivity index (χ0) is 18.4. The topological polar surface area (TPSA) is 81.5 Å². The molecule has 0 spiro atoms. The average molecular weight is 346 g/mol. The van der Waals surface area contributed by atoms with E-state index in [1.54, 1.807) is 18.2 Å². The summed E-state index contributed by atoms with van der Waals surface area (Å²) in [4.78, 5) is 22.5. The van der Waals surface area contributed by atoms with E-state index in [-0.39, 0.29) is 35.8 Å². The summed E-state index contributed by atoms with van der Waals surface area (Å²) < 4.78 is 18.3. The molecule has 2 aromatic carbocycles. The number of carbonyl (C=O) groups excluding carboxylic acids is 1. The molecular formula is C18H19FN2O4. The second-order valence-electron chi connectivity index (χ2n) is 5.85. The highest BCUT2D eigenvalue weighted by Gasteiger charge is 2.20. The Bertz CT molecular complexity index is 747. The van der Waals surface area contributed by atoms with Crippen LogP contribution in [-0.4, -0.2) is 17.4 Å². The van der Waals surface area contributed by atoms with Gasteiger partial charge in [-0.2, -0.15) is 0 Å². The van der Waals surface area contributed by atoms with Gasteiger partial charge in [0.25, 0.3) is 5.91 Å². The third-order valence-corrected chi connectivity index (χ3v) is 3.63. The van der Waals surface area contributed by atoms with E-state index in [4.69, 9.17) is 4.74 Å². The van der Waals surface area contributed by atoms with Gasteiger partial charge in [0, 0.05) is 6.07 Å². The minimum Gasteiger partial charge on any atom is -0.477 e. The maximum Gasteiger partial charge on any atom is 0.310 e. The molecule has 1 atom stereocenters. The van der Waals surface area contributed by atoms with Gasteiger partial charge in [-0.25, -0.2) is 4.39 Å². The first-order chi connectivity index (χ1) is 11.9. The number of ether oxygens (including phenoxy) is 1. The zero-order valence-electron chi connectivity index (χ0n) is 13.9. The summed E-state index contributed by atoms with van der Waals surface area (Å²) in [7, 11) is 0. The molecule has 2 rings (SSSR count). The maximum absolute atomic E-state index is 13.1. The highest BCUT2D eigenvalue weighted by Crippen LogP contribution is 2.26. The van der Waals surface area contributed by atoms with Crippen LogP contribution >= 0.6 is 0 Å². The van der Waals surface area contributed by atoms with Crippen molar-refractivity contribution in [1.29, 1.82) is 0 Å². The summed E-state index contributed by atoms with van der Waals surface area (Å²) in [6.45, 7) is 3.50. The minimum atomic E-state index is -0.567. The molecule has 0 unspecified atom stereocenters. The number of para-hydroxylation sites is 2. The van der Waals surface area contributed by atoms with Crippen LogP contribution in [0.4, 0.5) is 10.1 Å². The molecular weight excluding hydrogens is 327 g/mol. The fourth-order valence-electron chi connectivity index (χ4n) is 2.39. The van der Waals surface area contributed by atoms with E-state index in [0.717, 1.165) is 5.56 Å². The molecule has 0 bridgehead atoms. The van der Waals surface area contributed by atoms with Crippen molar-refractivity contribution < 1.29 is 18.8 Å². The number of nitro groups is 1. The molecule has 1 N–H and O–H groups in total. The Morgan fingerprint density at radius 2 is 1.84 bits per heavy atom. The predicted octanol–water partition coefficient (Wildman–Crippen LogP) is 3.63. The molecule has 6 nitrogen and oxygen atoms in total. The quantitative estimate of drug-likeness (QED) is 0.613. The molecule has 1 amide bonds. The van der Waals surface area contributed by atoms with Crippen LogP contribution < -0.4 is 10.1 Å². The number of carbonyl (C=O) groups is 1. The number of amides is 1. The van der Waals surface area contributed by atoms with Crippen molar-refractivity contribution in [2.45, 2.75) is 19.9 Å². The van der Waals surface area contributed by atoms with Crippen LogP contribution in [0.1, 0.15) is 25.5 Å². The number of benzene rings is 2. The van der Waals surface area contributed by atoms with E-state index in [2.05, 4.69) is 5.32 Å². The van der Waals surface area contributed by atoms with Crippen LogP contribution in [-0.2, 0) is 4.79 Å². The normalized spacial score (nSPS) is 11.8. The Balaban J connectivity index is 2.03. The smallest absolute Gasteiger partial charge is 0.310 e. The molecule has 7 heteroatoms. The van der Waals surface area contributed by atoms with Gasteiger partial charge in [-0.1, -0.05) is 38.1 Å². The van der Waals surface area contributed by atoms with Crippen molar-refractivity contribution in [3.63, 3.8) is 0 Å². The Labute approximate surface area is 144 Å². The van der Waals surface area contributed by atoms with Gasteiger partial charge >= 0.3 is 5.69 Å². The molecule has 0 radical (unpaired) electrons. The fraction of sp³-hybridized carbons (Fsp3) is 0.278. The third kappa shape index (κ3) is 5.00. The second-order valence-corrected chi connectivity index (χ2v) is 5.85. The molecule has 2 aromatic rings. The third-order valence-electron chi connectivity index (χ3n) is 3.63. The number of nitro benzene ring substituents is 1. The van der Waals surface area contributed by atoms with Crippen LogP contribution in [0.5, 0.6) is 5.75 Å². The molecule has 0 saturated heterocycles. The standard InChI is InChI=1S/C18H19FN2O4/c1-12(2)18(13-7-9-14(19)10-8-13)20-17(22)11-25-16-6-4-3-5-15(16)21(23)24/h3-10,12,18H,11H2,1-2H3,(H,20,22)/t18-/m1/s1. The van der Waals surface area contributed by atoms with Gasteiger partial charge in [0.2, 0.25) is 0 Å². The van der Waals surface area contributed by atoms with E-state index in [1.807, 2.05) is 13.8 Å². The van der Waals surface area contributed by atoms with E-state index >= 15 is 0 Å². The van der Waals surface area contributed by atoms with E-state index in [0.29, 0.717) is 0 Å². The van der Waals surface area contributed by atoms with Crippen LogP contribution in [0.2, 0.25) is 0 Å². The number of hydrogen-bond donors (Lipinski definition) is 1. The Kier molecular flexibility index (Phi) is 6.05. The van der Waals surface area contributed by atoms with Gasteiger partial charge in [0.15, 0.2) is 12.4 Å². The first-order valence-electron chi connectivity index (χ1n) is 7.79. The van der Waals surface area contributed by atoms with E-state index in [1.165, 1.54) is 30.3 Å². The second kappa shape index (κ2) is 8.23. The molecule has 132 valence electrons. The first-order valence-corrected chi connectivity index (χ1v) is 7.79. The Hall–Kier alpha value is -2.96. The Morgan fingerprint density at radius 1 is 1.20 bits per heavy atom. The molecule has 0 aliphatic rings. The molecule has 0 aromatic heterocycles. The van der Waals surface area contributed by atoms with E-state index < -0.39 is 10.8 Å². The lowest BCUT2D eigenvalue weighted by Gasteiger charge is -2.23. The van der Waals surface area contributed by atoms with Crippen molar-refractivity contribution in [2.75, 3.05) is 6.61 Å². The van der Waals surface area contributed by atoms with Crippen molar-refractivity contribution in [3.05, 3.63) is 70.0 Å². The van der Waals surface area contributed by atoms with Crippen molar-refractivity contribution >= 4 is 11.6 Å². The SMILES string of the molecule is CC(C)[C@@H](NC(=O)COc1ccccc1[N+](=O)[O-])c1ccc(F)cc1. The summed E-state index contributed by atoms with van der Waals surface area (Å²) in [6.07, 6.45) is 0. The van der Waals surface area contributed by atoms with Gasteiger partial charge in [-0.15, -0.1) is 0 Å². The van der Waals surface area contributed by atoms with Crippen LogP contribution in [0.3, 0.4) is 0 Å². The summed E-state index contributed by atoms with van der Waals surface area (Å²) in [5, 5.41) is 13.8. The van der Waals surface area contributed by atoms with E-state index in [9.17, 15) is 19.3 Å². The molecule has 0 fully saturated rings. The van der Waals surface area contributed by atoms with Crippen LogP contribution in [0.25, 0.3) is 0 Å². The summed E-state index contributed by atoms with van der Waals surface area (Å²) in [5.74, 6) is -0.663. The summed E-state index contributed by atoms with van der Waals surface area (Å²) in [6, 6.07) is 11.4. The maximum atomic E-state index is 13.1. The molecule has 25 heavy (non-hydrogen) atoms. The van der Waals surface area contributed by atoms with Crippen LogP contribution in [0.15, 0.2) is 48.5 Å². The van der Waals surface area contributed by atoms with Crippen molar-refractivity contribution in [3.8, 4) is 5.75 Å². The van der Waals surface area contributed by atoms with Crippen molar-refractivity contribution in [2.24, 2.45) is 5.92 Å². The average Bonchev–Trinajstić information content (AvgIpc) is 2.58. The number of hydrogen-bond acceptors (Lipinski definition) is 4. The lowest BCUT2D eigenvalue weighted by Crippen LogP contribution is -2.35. The highest BCUT2D eigenvalue weighted by molar-refractivity contribution is 5.78. The van der Waals surface area contributed by atoms with Crippen molar-refractivity contribution in [1.82, 2.24) is 5.32 Å². The lowest BCUT2D eigenvalue weighted by atomic mass is 9.96. The van der Waals surface area contributed by atoms with Gasteiger partial charge in [0.05, 0.1) is 11.0 Å². The molecule has 0 aliphatic carbocycles. The Morgan fingerprint density at radius 3 is 2.44 bits per heavy atom. The lowest BCUT2D eigenvalue weighted by molar-refractivity contribution is -0.385. The molecule has 0 aliphatic heterocycles. The highest BCUT2D eigenvalue weighted by atomic mass is 19.1. The monoisotopic (exact) mass is 346 g/mol. The van der Waals surface area contributed by atoms with Gasteiger partial charge in [-0.05, 0) is 29.7 Å². The van der Waals surface area contributed by atoms with Crippen LogP contribution in [0, 0.1) is 21.8 Å². The minimum absolute atomic E-state index is 0.0329. The van der Waals surface area contributed by atoms with Gasteiger partial charge < -0.3 is 10.1 Å². The molecule has 0 saturated carbocycles. The predicted molar refractivity (Wildman–Crippen MR) is 90.7 cm³/mol. The summed E-state index contributed by atoms with van der Waals surface area (Å²) >= 11 is 0. The number of halogens is 1. The van der Waals surface area contributed by atoms with Gasteiger partial charge in [0.1, 0.15) is 5.82 Å². The number of rotatable bonds is 7. The first kappa shape index (κ1) is 18.4. The van der Waals surface area contributed by atoms with Gasteiger partial charge in [-0.3, -0.25) is 14.9 Å². The summed E-state index contributed by atoms with van der Waals surface area (Å²) in [5.41, 5.74) is 0.574. The fourth-order valence-corrected chi connectivity index (χ4v) is 2.39. The number of nitrogens with zero attached hydrogens (tertiary/aromatic N) is 1. The zero-order valence-corrected chi connectivity index (χ0v) is 13.9. The number of nitrogens with one attached hydrogen (secondary N) is 1. The molecule has 0 heterocycles. The largest absolute Gasteiger partial charge is 0.477 e.